The van der Waals surface area contributed by atoms with E-state index in [1.165, 1.54) is 10.8 Å². The normalized spacial score (nSPS) is 19.5. The quantitative estimate of drug-likeness (QED) is 0.648. The van der Waals surface area contributed by atoms with Crippen LogP contribution in [0.5, 0.6) is 0 Å². The number of aliphatic hydroxyl groups excluding tert-OH is 2. The van der Waals surface area contributed by atoms with Crippen LogP contribution in [0.1, 0.15) is 18.2 Å². The second kappa shape index (κ2) is 4.10. The number of rotatable bonds is 2. The molecule has 0 radical (unpaired) electrons. The van der Waals surface area contributed by atoms with Crippen LogP contribution in [-0.4, -0.2) is 26.4 Å². The van der Waals surface area contributed by atoms with E-state index in [1.54, 1.807) is 6.92 Å². The Labute approximate surface area is 95.6 Å². The Morgan fingerprint density at radius 3 is 2.88 bits per heavy atom. The summed E-state index contributed by atoms with van der Waals surface area (Å²) >= 11 is 0. The van der Waals surface area contributed by atoms with Gasteiger partial charge in [-0.05, 0) is 6.92 Å². The van der Waals surface area contributed by atoms with E-state index in [9.17, 15) is 14.7 Å². The molecule has 7 heteroatoms. The van der Waals surface area contributed by atoms with Gasteiger partial charge in [-0.15, -0.1) is 0 Å². The van der Waals surface area contributed by atoms with E-state index in [-0.39, 0.29) is 17.9 Å². The van der Waals surface area contributed by atoms with Crippen molar-refractivity contribution in [3.8, 4) is 0 Å². The molecule has 0 unspecified atom stereocenters. The Kier molecular flexibility index (Phi) is 2.76. The van der Waals surface area contributed by atoms with Crippen LogP contribution in [0.4, 0.5) is 0 Å². The van der Waals surface area contributed by atoms with Gasteiger partial charge in [-0.1, -0.05) is 0 Å². The molecule has 0 spiro atoms. The van der Waals surface area contributed by atoms with Crippen LogP contribution in [-0.2, 0) is 4.74 Å². The van der Waals surface area contributed by atoms with Crippen molar-refractivity contribution in [2.45, 2.75) is 19.6 Å². The fourth-order valence-corrected chi connectivity index (χ4v) is 1.64. The van der Waals surface area contributed by atoms with Crippen molar-refractivity contribution in [1.29, 1.82) is 0 Å². The SMILES string of the molecule is Cc1cn([C@H]2CC(O)=C(CO)O2)c(=O)[nH]c1=O. The minimum Gasteiger partial charge on any atom is -0.508 e. The smallest absolute Gasteiger partial charge is 0.331 e. The molecule has 92 valence electrons. The fraction of sp³-hybridized carbons (Fsp3) is 0.400. The lowest BCUT2D eigenvalue weighted by Crippen LogP contribution is -2.33. The molecule has 1 aromatic rings. The van der Waals surface area contributed by atoms with Gasteiger partial charge in [-0.25, -0.2) is 4.79 Å². The summed E-state index contributed by atoms with van der Waals surface area (Å²) in [5.41, 5.74) is -0.702. The van der Waals surface area contributed by atoms with Crippen LogP contribution in [0.15, 0.2) is 27.3 Å². The summed E-state index contributed by atoms with van der Waals surface area (Å²) in [7, 11) is 0. The van der Waals surface area contributed by atoms with E-state index in [4.69, 9.17) is 9.84 Å². The summed E-state index contributed by atoms with van der Waals surface area (Å²) in [6.07, 6.45) is 0.709. The van der Waals surface area contributed by atoms with Crippen molar-refractivity contribution in [2.24, 2.45) is 0 Å². The minimum atomic E-state index is -0.736. The lowest BCUT2D eigenvalue weighted by molar-refractivity contribution is 0.0590. The lowest BCUT2D eigenvalue weighted by atomic mass is 10.3. The van der Waals surface area contributed by atoms with Crippen LogP contribution in [0.25, 0.3) is 0 Å². The number of aryl methyl sites for hydroxylation is 1. The third-order valence-electron chi connectivity index (χ3n) is 2.57. The molecule has 0 amide bonds. The summed E-state index contributed by atoms with van der Waals surface area (Å²) in [5, 5.41) is 18.3. The first-order valence-corrected chi connectivity index (χ1v) is 5.03. The lowest BCUT2D eigenvalue weighted by Gasteiger charge is -2.14. The summed E-state index contributed by atoms with van der Waals surface area (Å²) in [6, 6.07) is 0. The number of H-pyrrole nitrogens is 1. The number of hydrogen-bond donors (Lipinski definition) is 3. The zero-order valence-electron chi connectivity index (χ0n) is 9.14. The van der Waals surface area contributed by atoms with E-state index in [2.05, 4.69) is 4.98 Å². The molecule has 0 bridgehead atoms. The average Bonchev–Trinajstić information content (AvgIpc) is 2.65. The standard InChI is InChI=1S/C10H12N2O5/c1-5-3-12(10(16)11-9(5)15)8-2-6(14)7(4-13)17-8/h3,8,13-14H,2,4H2,1H3,(H,11,15,16)/t8-/m1/s1. The Balaban J connectivity index is 2.36. The topological polar surface area (TPSA) is 105 Å². The Hall–Kier alpha value is -2.02. The van der Waals surface area contributed by atoms with Crippen LogP contribution >= 0.6 is 0 Å². The highest BCUT2D eigenvalue weighted by molar-refractivity contribution is 5.09. The first-order valence-electron chi connectivity index (χ1n) is 5.03. The number of nitrogens with one attached hydrogen (secondary N) is 1. The number of aliphatic hydroxyl groups is 2. The van der Waals surface area contributed by atoms with Gasteiger partial charge in [0.05, 0.1) is 6.42 Å². The van der Waals surface area contributed by atoms with Gasteiger partial charge < -0.3 is 14.9 Å². The fourth-order valence-electron chi connectivity index (χ4n) is 1.64. The van der Waals surface area contributed by atoms with Crippen molar-refractivity contribution in [2.75, 3.05) is 6.61 Å². The third-order valence-corrected chi connectivity index (χ3v) is 2.57. The highest BCUT2D eigenvalue weighted by atomic mass is 16.5. The number of ether oxygens (including phenoxy) is 1. The molecule has 1 aromatic heterocycles. The molecule has 0 fully saturated rings. The zero-order chi connectivity index (χ0) is 12.6. The molecular formula is C10H12N2O5. The highest BCUT2D eigenvalue weighted by Crippen LogP contribution is 2.29. The van der Waals surface area contributed by atoms with Gasteiger partial charge in [-0.3, -0.25) is 14.3 Å². The summed E-state index contributed by atoms with van der Waals surface area (Å²) in [5.74, 6) is -0.0426. The Morgan fingerprint density at radius 1 is 1.59 bits per heavy atom. The van der Waals surface area contributed by atoms with E-state index in [0.29, 0.717) is 5.56 Å². The summed E-state index contributed by atoms with van der Waals surface area (Å²) in [4.78, 5) is 24.9. The number of nitrogens with zero attached hydrogens (tertiary/aromatic N) is 1. The predicted molar refractivity (Wildman–Crippen MR) is 57.5 cm³/mol. The number of aromatic amines is 1. The van der Waals surface area contributed by atoms with Crippen molar-refractivity contribution >= 4 is 0 Å². The maximum atomic E-state index is 11.5. The van der Waals surface area contributed by atoms with Gasteiger partial charge in [-0.2, -0.15) is 0 Å². The Bertz CT molecular complexity index is 583. The first-order chi connectivity index (χ1) is 8.02. The van der Waals surface area contributed by atoms with E-state index in [1.807, 2.05) is 0 Å². The predicted octanol–water partition coefficient (Wildman–Crippen LogP) is -0.474. The highest BCUT2D eigenvalue weighted by Gasteiger charge is 2.27. The molecule has 3 N–H and O–H groups in total. The van der Waals surface area contributed by atoms with E-state index in [0.717, 1.165) is 0 Å². The molecule has 2 rings (SSSR count). The molecule has 1 aliphatic rings. The maximum absolute atomic E-state index is 11.5. The molecule has 2 heterocycles. The number of aromatic nitrogens is 2. The molecule has 0 saturated heterocycles. The van der Waals surface area contributed by atoms with Crippen molar-refractivity contribution < 1.29 is 14.9 Å². The maximum Gasteiger partial charge on any atom is 0.331 e. The molecule has 7 nitrogen and oxygen atoms in total. The molecule has 1 atom stereocenters. The summed E-state index contributed by atoms with van der Waals surface area (Å²) < 4.78 is 6.38. The van der Waals surface area contributed by atoms with Gasteiger partial charge in [0.15, 0.2) is 12.0 Å². The second-order valence-electron chi connectivity index (χ2n) is 3.78. The zero-order valence-corrected chi connectivity index (χ0v) is 9.14. The van der Waals surface area contributed by atoms with Gasteiger partial charge >= 0.3 is 5.69 Å². The monoisotopic (exact) mass is 240 g/mol. The molecule has 17 heavy (non-hydrogen) atoms. The molecular weight excluding hydrogens is 228 g/mol. The molecule has 1 aliphatic heterocycles. The Morgan fingerprint density at radius 2 is 2.29 bits per heavy atom. The van der Waals surface area contributed by atoms with Gasteiger partial charge in [0.2, 0.25) is 0 Å². The number of hydrogen-bond acceptors (Lipinski definition) is 5. The van der Waals surface area contributed by atoms with Crippen LogP contribution < -0.4 is 11.2 Å². The third kappa shape index (κ3) is 1.96. The first kappa shape index (κ1) is 11.5. The largest absolute Gasteiger partial charge is 0.508 e. The van der Waals surface area contributed by atoms with E-state index < -0.39 is 24.1 Å². The van der Waals surface area contributed by atoms with Gasteiger partial charge in [0, 0.05) is 11.8 Å². The average molecular weight is 240 g/mol. The minimum absolute atomic E-state index is 0.0470. The van der Waals surface area contributed by atoms with Crippen molar-refractivity contribution in [3.05, 3.63) is 44.1 Å². The van der Waals surface area contributed by atoms with Crippen molar-refractivity contribution in [3.63, 3.8) is 0 Å². The second-order valence-corrected chi connectivity index (χ2v) is 3.78. The molecule has 0 aliphatic carbocycles. The van der Waals surface area contributed by atoms with Gasteiger partial charge in [0.25, 0.3) is 5.56 Å². The summed E-state index contributed by atoms with van der Waals surface area (Å²) in [6.45, 7) is 1.13. The van der Waals surface area contributed by atoms with Crippen LogP contribution in [0.2, 0.25) is 0 Å². The molecule has 0 saturated carbocycles. The van der Waals surface area contributed by atoms with Crippen LogP contribution in [0.3, 0.4) is 0 Å². The van der Waals surface area contributed by atoms with E-state index >= 15 is 0 Å². The van der Waals surface area contributed by atoms with Gasteiger partial charge in [0.1, 0.15) is 12.4 Å². The van der Waals surface area contributed by atoms with Crippen molar-refractivity contribution in [1.82, 2.24) is 9.55 Å². The molecule has 0 aromatic carbocycles. The van der Waals surface area contributed by atoms with Crippen LogP contribution in [0, 0.1) is 6.92 Å².